The fraction of sp³-hybridized carbons (Fsp3) is 0.368. The number of halogens is 2. The number of likely N-dealkylation sites (tertiary alicyclic amines) is 1. The summed E-state index contributed by atoms with van der Waals surface area (Å²) in [4.78, 5) is 28.5. The highest BCUT2D eigenvalue weighted by Crippen LogP contribution is 2.42. The molecule has 1 aromatic heterocycles. The van der Waals surface area contributed by atoms with Crippen LogP contribution in [0, 0.1) is 17.0 Å². The number of carbonyl (C=O) groups excluding carboxylic acids is 2. The molecule has 5 nitrogen and oxygen atoms in total. The van der Waals surface area contributed by atoms with Gasteiger partial charge in [-0.1, -0.05) is 0 Å². The molecule has 3 heterocycles. The van der Waals surface area contributed by atoms with Gasteiger partial charge < -0.3 is 14.4 Å². The Labute approximate surface area is 149 Å². The predicted octanol–water partition coefficient (Wildman–Crippen LogP) is 2.57. The van der Waals surface area contributed by atoms with Crippen molar-refractivity contribution in [3.8, 4) is 0 Å². The number of hydrogen-bond acceptors (Lipinski definition) is 2. The zero-order valence-corrected chi connectivity index (χ0v) is 14.4. The Balaban J connectivity index is 1.52. The first kappa shape index (κ1) is 16.8. The van der Waals surface area contributed by atoms with Crippen molar-refractivity contribution in [2.45, 2.75) is 12.8 Å². The first-order valence-electron chi connectivity index (χ1n) is 8.55. The van der Waals surface area contributed by atoms with Crippen LogP contribution in [0.2, 0.25) is 0 Å². The summed E-state index contributed by atoms with van der Waals surface area (Å²) in [7, 11) is 1.82. The molecule has 0 aliphatic carbocycles. The molecule has 1 unspecified atom stereocenters. The van der Waals surface area contributed by atoms with Crippen LogP contribution < -0.4 is 4.90 Å². The van der Waals surface area contributed by atoms with Crippen LogP contribution in [0.1, 0.15) is 23.3 Å². The number of amides is 2. The third-order valence-electron chi connectivity index (χ3n) is 5.42. The maximum Gasteiger partial charge on any atom is 0.270 e. The van der Waals surface area contributed by atoms with E-state index >= 15 is 0 Å². The van der Waals surface area contributed by atoms with Crippen LogP contribution in [0.3, 0.4) is 0 Å². The maximum absolute atomic E-state index is 13.5. The van der Waals surface area contributed by atoms with Crippen molar-refractivity contribution in [2.75, 3.05) is 24.5 Å². The summed E-state index contributed by atoms with van der Waals surface area (Å²) >= 11 is 0. The Kier molecular flexibility index (Phi) is 3.82. The summed E-state index contributed by atoms with van der Waals surface area (Å²) in [5.74, 6) is -2.07. The Hall–Kier alpha value is -2.70. The van der Waals surface area contributed by atoms with E-state index in [4.69, 9.17) is 0 Å². The molecule has 7 heteroatoms. The van der Waals surface area contributed by atoms with Gasteiger partial charge in [-0.05, 0) is 30.7 Å². The molecule has 136 valence electrons. The van der Waals surface area contributed by atoms with Crippen molar-refractivity contribution >= 4 is 17.5 Å². The number of anilines is 1. The number of nitrogens with zero attached hydrogens (tertiary/aromatic N) is 3. The molecule has 26 heavy (non-hydrogen) atoms. The van der Waals surface area contributed by atoms with Crippen LogP contribution in [0.25, 0.3) is 0 Å². The fourth-order valence-corrected chi connectivity index (χ4v) is 4.01. The molecule has 2 saturated heterocycles. The van der Waals surface area contributed by atoms with Crippen molar-refractivity contribution in [3.63, 3.8) is 0 Å². The van der Waals surface area contributed by atoms with Gasteiger partial charge in [0.15, 0.2) is 11.6 Å². The lowest BCUT2D eigenvalue weighted by atomic mass is 9.86. The predicted molar refractivity (Wildman–Crippen MR) is 91.7 cm³/mol. The average Bonchev–Trinajstić information content (AvgIpc) is 3.29. The van der Waals surface area contributed by atoms with Gasteiger partial charge in [-0.2, -0.15) is 0 Å². The number of aryl methyl sites for hydroxylation is 1. The molecule has 1 aromatic carbocycles. The van der Waals surface area contributed by atoms with Crippen molar-refractivity contribution < 1.29 is 18.4 Å². The molecular weight excluding hydrogens is 340 g/mol. The third kappa shape index (κ3) is 2.67. The zero-order valence-electron chi connectivity index (χ0n) is 14.4. The van der Waals surface area contributed by atoms with Crippen molar-refractivity contribution in [2.24, 2.45) is 12.5 Å². The fourth-order valence-electron chi connectivity index (χ4n) is 4.01. The number of benzene rings is 1. The minimum Gasteiger partial charge on any atom is -0.347 e. The van der Waals surface area contributed by atoms with Gasteiger partial charge in [0.2, 0.25) is 5.91 Å². The molecule has 1 atom stereocenters. The van der Waals surface area contributed by atoms with E-state index in [9.17, 15) is 18.4 Å². The van der Waals surface area contributed by atoms with E-state index in [0.29, 0.717) is 37.4 Å². The second kappa shape index (κ2) is 5.93. The highest BCUT2D eigenvalue weighted by Gasteiger charge is 2.49. The summed E-state index contributed by atoms with van der Waals surface area (Å²) in [6.07, 6.45) is 2.85. The second-order valence-electron chi connectivity index (χ2n) is 7.24. The van der Waals surface area contributed by atoms with Gasteiger partial charge in [-0.3, -0.25) is 9.59 Å². The monoisotopic (exact) mass is 359 g/mol. The van der Waals surface area contributed by atoms with Crippen LogP contribution >= 0.6 is 0 Å². The molecule has 1 spiro atoms. The lowest BCUT2D eigenvalue weighted by Gasteiger charge is -2.24. The van der Waals surface area contributed by atoms with Gasteiger partial charge in [0.1, 0.15) is 5.69 Å². The first-order chi connectivity index (χ1) is 12.4. The Morgan fingerprint density at radius 2 is 1.96 bits per heavy atom. The summed E-state index contributed by atoms with van der Waals surface area (Å²) in [5.41, 5.74) is 0.643. The highest BCUT2D eigenvalue weighted by molar-refractivity contribution is 5.97. The van der Waals surface area contributed by atoms with E-state index in [-0.39, 0.29) is 17.2 Å². The molecule has 0 saturated carbocycles. The van der Waals surface area contributed by atoms with Gasteiger partial charge in [0.05, 0.1) is 0 Å². The third-order valence-corrected chi connectivity index (χ3v) is 5.42. The van der Waals surface area contributed by atoms with Gasteiger partial charge >= 0.3 is 0 Å². The van der Waals surface area contributed by atoms with Gasteiger partial charge in [0.25, 0.3) is 5.91 Å². The first-order valence-corrected chi connectivity index (χ1v) is 8.55. The maximum atomic E-state index is 13.5. The van der Waals surface area contributed by atoms with E-state index in [0.717, 1.165) is 18.6 Å². The number of aromatic nitrogens is 1. The molecule has 0 radical (unpaired) electrons. The zero-order chi connectivity index (χ0) is 18.5. The number of hydrogen-bond donors (Lipinski definition) is 0. The Morgan fingerprint density at radius 1 is 1.15 bits per heavy atom. The molecule has 4 rings (SSSR count). The van der Waals surface area contributed by atoms with Gasteiger partial charge in [-0.25, -0.2) is 8.78 Å². The SMILES string of the molecule is Cn1cccc1C(=O)N1CCC2(CC(=O)N(c3ccc(F)c(F)c3)C2)C1. The topological polar surface area (TPSA) is 45.6 Å². The van der Waals surface area contributed by atoms with Crippen LogP contribution in [0.5, 0.6) is 0 Å². The van der Waals surface area contributed by atoms with Gasteiger partial charge in [0, 0.05) is 56.5 Å². The van der Waals surface area contributed by atoms with Crippen molar-refractivity contribution in [1.82, 2.24) is 9.47 Å². The summed E-state index contributed by atoms with van der Waals surface area (Å²) in [5, 5.41) is 0. The van der Waals surface area contributed by atoms with Crippen LogP contribution in [-0.2, 0) is 11.8 Å². The Bertz CT molecular complexity index is 895. The lowest BCUT2D eigenvalue weighted by molar-refractivity contribution is -0.117. The minimum atomic E-state index is -0.969. The van der Waals surface area contributed by atoms with E-state index < -0.39 is 11.6 Å². The van der Waals surface area contributed by atoms with Crippen molar-refractivity contribution in [1.29, 1.82) is 0 Å². The quantitative estimate of drug-likeness (QED) is 0.827. The molecule has 2 aromatic rings. The Morgan fingerprint density at radius 3 is 2.65 bits per heavy atom. The lowest BCUT2D eigenvalue weighted by Crippen LogP contribution is -2.34. The molecule has 0 bridgehead atoms. The molecule has 2 amide bonds. The van der Waals surface area contributed by atoms with Crippen molar-refractivity contribution in [3.05, 3.63) is 53.9 Å². The molecule has 0 N–H and O–H groups in total. The number of rotatable bonds is 2. The summed E-state index contributed by atoms with van der Waals surface area (Å²) in [6.45, 7) is 1.49. The van der Waals surface area contributed by atoms with E-state index in [1.165, 1.54) is 11.0 Å². The summed E-state index contributed by atoms with van der Waals surface area (Å²) in [6, 6.07) is 7.10. The standard InChI is InChI=1S/C19H19F2N3O2/c1-22-7-2-3-16(22)18(26)23-8-6-19(11-23)10-17(25)24(12-19)13-4-5-14(20)15(21)9-13/h2-5,7,9H,6,8,10-12H2,1H3. The minimum absolute atomic E-state index is 0.0481. The van der Waals surface area contributed by atoms with E-state index in [2.05, 4.69) is 0 Å². The van der Waals surface area contributed by atoms with Crippen LogP contribution in [-0.4, -0.2) is 40.9 Å². The highest BCUT2D eigenvalue weighted by atomic mass is 19.2. The molecule has 2 fully saturated rings. The van der Waals surface area contributed by atoms with Gasteiger partial charge in [-0.15, -0.1) is 0 Å². The molecular formula is C19H19F2N3O2. The second-order valence-corrected chi connectivity index (χ2v) is 7.24. The molecule has 2 aliphatic heterocycles. The molecule has 2 aliphatic rings. The van der Waals surface area contributed by atoms with Crippen LogP contribution in [0.15, 0.2) is 36.5 Å². The normalized spacial score (nSPS) is 22.7. The van der Waals surface area contributed by atoms with Crippen LogP contribution in [0.4, 0.5) is 14.5 Å². The number of carbonyl (C=O) groups is 2. The largest absolute Gasteiger partial charge is 0.347 e. The van der Waals surface area contributed by atoms with E-state index in [1.807, 2.05) is 19.3 Å². The average molecular weight is 359 g/mol. The summed E-state index contributed by atoms with van der Waals surface area (Å²) < 4.78 is 28.5. The van der Waals surface area contributed by atoms with E-state index in [1.54, 1.807) is 15.5 Å². The smallest absolute Gasteiger partial charge is 0.270 e.